The van der Waals surface area contributed by atoms with E-state index in [9.17, 15) is 4.79 Å². The van der Waals surface area contributed by atoms with Crippen molar-refractivity contribution >= 4 is 11.9 Å². The third kappa shape index (κ3) is 0.350. The number of aliphatic imine (C=N–C) groups is 2. The molecule has 0 aliphatic carbocycles. The number of nitrogens with zero attached hydrogens (tertiary/aromatic N) is 2. The lowest BCUT2D eigenvalue weighted by Gasteiger charge is -1.66. The Kier molecular flexibility index (Phi) is 0.557. The fraction of sp³-hybridized carbons (Fsp3) is 0.333. The van der Waals surface area contributed by atoms with Gasteiger partial charge < -0.3 is 0 Å². The molecule has 0 bridgehead atoms. The summed E-state index contributed by atoms with van der Waals surface area (Å²) in [5, 5.41) is 0. The Hall–Kier alpha value is -0.950. The van der Waals surface area contributed by atoms with E-state index in [1.54, 1.807) is 0 Å². The molecule has 1 aliphatic rings. The Morgan fingerprint density at radius 2 is 2.67 bits per heavy atom. The number of hydrogen-bond acceptors (Lipinski definition) is 2. The van der Waals surface area contributed by atoms with Crippen LogP contribution in [-0.2, 0) is 4.79 Å². The van der Waals surface area contributed by atoms with Crippen molar-refractivity contribution in [3.05, 3.63) is 0 Å². The molecule has 0 saturated carbocycles. The van der Waals surface area contributed by atoms with Crippen LogP contribution in [0.1, 0.15) is 0 Å². The van der Waals surface area contributed by atoms with Crippen LogP contribution in [0, 0.1) is 0 Å². The maximum atomic E-state index is 9.92. The van der Waals surface area contributed by atoms with Gasteiger partial charge in [0.25, 0.3) is 5.91 Å². The molecule has 0 aromatic heterocycles. The van der Waals surface area contributed by atoms with E-state index in [4.69, 9.17) is 0 Å². The molecule has 0 N–H and O–H groups in total. The first-order valence-corrected chi connectivity index (χ1v) is 1.54. The average Bonchev–Trinajstić information content (AvgIpc) is 1.86. The predicted octanol–water partition coefficient (Wildman–Crippen LogP) is -0.299. The molecule has 0 fully saturated rings. The smallest absolute Gasteiger partial charge is 0.270 e. The van der Waals surface area contributed by atoms with Gasteiger partial charge in [0, 0.05) is 0 Å². The maximum Gasteiger partial charge on any atom is 0.277 e. The largest absolute Gasteiger partial charge is 0.277 e. The zero-order valence-corrected chi connectivity index (χ0v) is 3.01. The third-order valence-electron chi connectivity index (χ3n) is 0.460. The van der Waals surface area contributed by atoms with E-state index in [-0.39, 0.29) is 12.5 Å². The highest BCUT2D eigenvalue weighted by atomic mass is 16.1. The van der Waals surface area contributed by atoms with E-state index < -0.39 is 0 Å². The van der Waals surface area contributed by atoms with Crippen LogP contribution >= 0.6 is 0 Å². The molecule has 1 rings (SSSR count). The lowest BCUT2D eigenvalue weighted by Crippen LogP contribution is -1.89. The predicted molar refractivity (Wildman–Crippen MR) is 19.7 cm³/mol. The Morgan fingerprint density at radius 3 is 2.83 bits per heavy atom. The molecule has 0 radical (unpaired) electrons. The van der Waals surface area contributed by atoms with Gasteiger partial charge in [0.15, 0.2) is 0 Å². The Labute approximate surface area is 34.4 Å². The number of rotatable bonds is 0. The maximum absolute atomic E-state index is 9.92. The van der Waals surface area contributed by atoms with Gasteiger partial charge >= 0.3 is 0 Å². The van der Waals surface area contributed by atoms with Crippen molar-refractivity contribution in [2.45, 2.75) is 0 Å². The SMILES string of the molecule is O=C1CN=C=N1. The van der Waals surface area contributed by atoms with E-state index in [1.165, 1.54) is 0 Å². The van der Waals surface area contributed by atoms with Crippen molar-refractivity contribution in [1.29, 1.82) is 0 Å². The molecule has 3 nitrogen and oxygen atoms in total. The highest BCUT2D eigenvalue weighted by molar-refractivity contribution is 5.87. The van der Waals surface area contributed by atoms with E-state index in [0.29, 0.717) is 0 Å². The first-order chi connectivity index (χ1) is 2.89. The van der Waals surface area contributed by atoms with Gasteiger partial charge in [-0.15, -0.1) is 4.99 Å². The minimum atomic E-state index is -0.199. The monoisotopic (exact) mass is 82.0 g/mol. The zero-order chi connectivity index (χ0) is 4.41. The van der Waals surface area contributed by atoms with Gasteiger partial charge in [0.1, 0.15) is 6.54 Å². The van der Waals surface area contributed by atoms with Crippen molar-refractivity contribution in [2.75, 3.05) is 6.54 Å². The van der Waals surface area contributed by atoms with Gasteiger partial charge in [0.05, 0.1) is 6.01 Å². The summed E-state index contributed by atoms with van der Waals surface area (Å²) in [6, 6.07) is 2.17. The molecule has 0 saturated heterocycles. The molecule has 3 heteroatoms. The van der Waals surface area contributed by atoms with Gasteiger partial charge in [-0.25, -0.2) is 4.99 Å². The first-order valence-electron chi connectivity index (χ1n) is 1.54. The van der Waals surface area contributed by atoms with E-state index in [1.807, 2.05) is 0 Å². The Bertz CT molecular complexity index is 132. The topological polar surface area (TPSA) is 41.8 Å². The highest BCUT2D eigenvalue weighted by Crippen LogP contribution is 1.79. The molecule has 1 heterocycles. The quantitative estimate of drug-likeness (QED) is 0.395. The van der Waals surface area contributed by atoms with Crippen LogP contribution in [0.5, 0.6) is 0 Å². The van der Waals surface area contributed by atoms with Crippen LogP contribution in [0.4, 0.5) is 0 Å². The lowest BCUT2D eigenvalue weighted by molar-refractivity contribution is -0.116. The molecule has 1 amide bonds. The number of hydrogen-bond donors (Lipinski definition) is 0. The molecule has 0 atom stereocenters. The van der Waals surface area contributed by atoms with Crippen molar-refractivity contribution in [3.8, 4) is 0 Å². The van der Waals surface area contributed by atoms with Crippen molar-refractivity contribution in [3.63, 3.8) is 0 Å². The summed E-state index contributed by atoms with van der Waals surface area (Å²) in [5.74, 6) is -0.199. The molecule has 30 valence electrons. The molecule has 6 heavy (non-hydrogen) atoms. The summed E-state index contributed by atoms with van der Waals surface area (Å²) in [4.78, 5) is 16.5. The van der Waals surface area contributed by atoms with Gasteiger partial charge in [-0.2, -0.15) is 0 Å². The summed E-state index contributed by atoms with van der Waals surface area (Å²) >= 11 is 0. The molecular weight excluding hydrogens is 80.0 g/mol. The van der Waals surface area contributed by atoms with Gasteiger partial charge in [-0.1, -0.05) is 0 Å². The first kappa shape index (κ1) is 3.25. The van der Waals surface area contributed by atoms with Gasteiger partial charge in [-0.3, -0.25) is 4.79 Å². The average molecular weight is 82.1 g/mol. The molecule has 0 spiro atoms. The van der Waals surface area contributed by atoms with Crippen LogP contribution in [0.15, 0.2) is 9.98 Å². The van der Waals surface area contributed by atoms with Crippen LogP contribution in [0.2, 0.25) is 0 Å². The van der Waals surface area contributed by atoms with Crippen molar-refractivity contribution in [1.82, 2.24) is 0 Å². The second-order valence-electron chi connectivity index (χ2n) is 0.922. The van der Waals surface area contributed by atoms with Gasteiger partial charge in [0.2, 0.25) is 0 Å². The molecule has 0 unspecified atom stereocenters. The van der Waals surface area contributed by atoms with Crippen LogP contribution in [0.25, 0.3) is 0 Å². The second kappa shape index (κ2) is 1.03. The fourth-order valence-electron chi connectivity index (χ4n) is 0.229. The Morgan fingerprint density at radius 1 is 1.83 bits per heavy atom. The van der Waals surface area contributed by atoms with E-state index in [0.717, 1.165) is 0 Å². The standard InChI is InChI=1S/C3H2N2O/c6-3-1-4-2-5-3/h1H2. The molecular formula is C3H2N2O. The molecule has 0 aromatic rings. The van der Waals surface area contributed by atoms with Gasteiger partial charge in [-0.05, 0) is 0 Å². The van der Waals surface area contributed by atoms with Crippen molar-refractivity contribution < 1.29 is 4.79 Å². The molecule has 0 aromatic carbocycles. The number of carbonyl (C=O) groups is 1. The summed E-state index contributed by atoms with van der Waals surface area (Å²) < 4.78 is 0. The lowest BCUT2D eigenvalue weighted by atomic mass is 10.7. The Balaban J connectivity index is 2.79. The van der Waals surface area contributed by atoms with Crippen LogP contribution in [0.3, 0.4) is 0 Å². The molecule has 1 aliphatic heterocycles. The normalized spacial score (nSPS) is 17.0. The van der Waals surface area contributed by atoms with Crippen LogP contribution < -0.4 is 0 Å². The highest BCUT2D eigenvalue weighted by Gasteiger charge is 1.96. The van der Waals surface area contributed by atoms with E-state index >= 15 is 0 Å². The van der Waals surface area contributed by atoms with E-state index in [2.05, 4.69) is 16.0 Å². The minimum absolute atomic E-state index is 0.194. The minimum Gasteiger partial charge on any atom is -0.270 e. The van der Waals surface area contributed by atoms with Crippen molar-refractivity contribution in [2.24, 2.45) is 9.98 Å². The van der Waals surface area contributed by atoms with Crippen LogP contribution in [-0.4, -0.2) is 18.5 Å². The summed E-state index contributed by atoms with van der Waals surface area (Å²) in [6.07, 6.45) is 0. The zero-order valence-electron chi connectivity index (χ0n) is 3.01. The summed E-state index contributed by atoms with van der Waals surface area (Å²) in [7, 11) is 0. The second-order valence-corrected chi connectivity index (χ2v) is 0.922. The summed E-state index contributed by atoms with van der Waals surface area (Å²) in [5.41, 5.74) is 0. The fourth-order valence-corrected chi connectivity index (χ4v) is 0.229. The number of amides is 1. The number of carbonyl (C=O) groups excluding carboxylic acids is 1. The summed E-state index contributed by atoms with van der Waals surface area (Å²) in [6.45, 7) is 0.194. The third-order valence-corrected chi connectivity index (χ3v) is 0.460.